The lowest BCUT2D eigenvalue weighted by Crippen LogP contribution is -2.04. The summed E-state index contributed by atoms with van der Waals surface area (Å²) in [6.45, 7) is -2.87. The van der Waals surface area contributed by atoms with Crippen molar-refractivity contribution in [3.05, 3.63) is 65.8 Å². The molecule has 2 aromatic heterocycles. The number of benzene rings is 1. The molecule has 1 aliphatic rings. The van der Waals surface area contributed by atoms with Crippen LogP contribution in [0.25, 0.3) is 16.5 Å². The first-order chi connectivity index (χ1) is 11.2. The number of nitrogens with zero attached hydrogens (tertiary/aromatic N) is 3. The second-order valence-electron chi connectivity index (χ2n) is 5.14. The zero-order valence-electron chi connectivity index (χ0n) is 11.9. The number of hydrogen-bond acceptors (Lipinski definition) is 4. The van der Waals surface area contributed by atoms with Crippen LogP contribution in [0.5, 0.6) is 5.88 Å². The Hall–Kier alpha value is -2.89. The molecular weight excluding hydrogens is 300 g/mol. The highest BCUT2D eigenvalue weighted by molar-refractivity contribution is 5.89. The van der Waals surface area contributed by atoms with Gasteiger partial charge in [0.15, 0.2) is 0 Å². The molecule has 2 heterocycles. The summed E-state index contributed by atoms with van der Waals surface area (Å²) >= 11 is 0. The predicted molar refractivity (Wildman–Crippen MR) is 83.3 cm³/mol. The summed E-state index contributed by atoms with van der Waals surface area (Å²) in [5.74, 6) is -0.0553. The average Bonchev–Trinajstić information content (AvgIpc) is 2.97. The molecular formula is C17H13F2N3O. The van der Waals surface area contributed by atoms with E-state index in [9.17, 15) is 8.78 Å². The van der Waals surface area contributed by atoms with E-state index in [2.05, 4.69) is 19.7 Å². The number of hydrogen-bond donors (Lipinski definition) is 0. The molecule has 3 aromatic rings. The number of allylic oxidation sites excluding steroid dienone is 1. The summed E-state index contributed by atoms with van der Waals surface area (Å²) in [5, 5.41) is 0.949. The van der Waals surface area contributed by atoms with Crippen LogP contribution in [0.15, 0.2) is 48.9 Å². The molecule has 6 heteroatoms. The molecule has 0 N–H and O–H groups in total. The molecule has 0 bridgehead atoms. The maximum Gasteiger partial charge on any atom is 0.388 e. The van der Waals surface area contributed by atoms with Gasteiger partial charge in [-0.1, -0.05) is 12.1 Å². The van der Waals surface area contributed by atoms with E-state index < -0.39 is 6.61 Å². The lowest BCUT2D eigenvalue weighted by Gasteiger charge is -2.09. The number of aromatic nitrogens is 3. The normalized spacial score (nSPS) is 13.3. The molecule has 0 fully saturated rings. The maximum absolute atomic E-state index is 12.3. The van der Waals surface area contributed by atoms with Crippen LogP contribution in [0.1, 0.15) is 18.2 Å². The number of ether oxygens (including phenoxy) is 1. The van der Waals surface area contributed by atoms with Crippen molar-refractivity contribution in [3.8, 4) is 5.88 Å². The van der Waals surface area contributed by atoms with Gasteiger partial charge in [0.05, 0.1) is 11.2 Å². The Bertz CT molecular complexity index is 931. The Morgan fingerprint density at radius 3 is 2.96 bits per heavy atom. The van der Waals surface area contributed by atoms with Crippen LogP contribution in [0.3, 0.4) is 0 Å². The van der Waals surface area contributed by atoms with Crippen molar-refractivity contribution in [3.63, 3.8) is 0 Å². The van der Waals surface area contributed by atoms with E-state index in [4.69, 9.17) is 0 Å². The molecule has 4 nitrogen and oxygen atoms in total. The third kappa shape index (κ3) is 2.52. The summed E-state index contributed by atoms with van der Waals surface area (Å²) < 4.78 is 28.9. The number of halogens is 2. The average molecular weight is 313 g/mol. The maximum atomic E-state index is 12.3. The second-order valence-corrected chi connectivity index (χ2v) is 5.14. The molecule has 0 atom stereocenters. The largest absolute Gasteiger partial charge is 0.417 e. The van der Waals surface area contributed by atoms with Crippen molar-refractivity contribution in [1.29, 1.82) is 0 Å². The monoisotopic (exact) mass is 313 g/mol. The number of rotatable bonds is 3. The molecule has 0 spiro atoms. The minimum absolute atomic E-state index is 0. The highest BCUT2D eigenvalue weighted by Gasteiger charge is 2.19. The SMILES string of the molecule is FC(F)Oc1ccc2c(n1)CC=C2c1ccc2ncncc2c1.[HH]. The Balaban J connectivity index is 0.00000169. The Morgan fingerprint density at radius 2 is 2.09 bits per heavy atom. The van der Waals surface area contributed by atoms with Crippen LogP contribution in [0.4, 0.5) is 8.78 Å². The van der Waals surface area contributed by atoms with Gasteiger partial charge in [-0.15, -0.1) is 0 Å². The number of alkyl halides is 2. The van der Waals surface area contributed by atoms with Crippen LogP contribution in [-0.2, 0) is 6.42 Å². The van der Waals surface area contributed by atoms with Gasteiger partial charge in [0.25, 0.3) is 0 Å². The summed E-state index contributed by atoms with van der Waals surface area (Å²) in [7, 11) is 0. The van der Waals surface area contributed by atoms with Crippen molar-refractivity contribution in [2.24, 2.45) is 0 Å². The van der Waals surface area contributed by atoms with Crippen molar-refractivity contribution in [1.82, 2.24) is 15.0 Å². The highest BCUT2D eigenvalue weighted by Crippen LogP contribution is 2.34. The van der Waals surface area contributed by atoms with Gasteiger partial charge in [-0.3, -0.25) is 0 Å². The zero-order chi connectivity index (χ0) is 15.8. The van der Waals surface area contributed by atoms with Crippen LogP contribution in [0.2, 0.25) is 0 Å². The summed E-state index contributed by atoms with van der Waals surface area (Å²) in [6, 6.07) is 9.17. The van der Waals surface area contributed by atoms with Crippen molar-refractivity contribution >= 4 is 16.5 Å². The summed E-state index contributed by atoms with van der Waals surface area (Å²) in [6.07, 6.45) is 5.91. The van der Waals surface area contributed by atoms with Crippen LogP contribution < -0.4 is 4.74 Å². The molecule has 116 valence electrons. The van der Waals surface area contributed by atoms with Gasteiger partial charge < -0.3 is 4.74 Å². The minimum atomic E-state index is -2.87. The molecule has 4 rings (SSSR count). The van der Waals surface area contributed by atoms with E-state index in [-0.39, 0.29) is 7.31 Å². The first kappa shape index (κ1) is 13.8. The number of pyridine rings is 1. The Kier molecular flexibility index (Phi) is 3.22. The lowest BCUT2D eigenvalue weighted by molar-refractivity contribution is -0.0529. The smallest absolute Gasteiger partial charge is 0.388 e. The fraction of sp³-hybridized carbons (Fsp3) is 0.118. The molecule has 0 saturated heterocycles. The van der Waals surface area contributed by atoms with Crippen LogP contribution in [-0.4, -0.2) is 21.6 Å². The fourth-order valence-corrected chi connectivity index (χ4v) is 2.77. The molecule has 0 aliphatic heterocycles. The second kappa shape index (κ2) is 5.39. The van der Waals surface area contributed by atoms with E-state index in [1.54, 1.807) is 12.3 Å². The van der Waals surface area contributed by atoms with Gasteiger partial charge in [-0.2, -0.15) is 8.78 Å². The van der Waals surface area contributed by atoms with Gasteiger partial charge in [0.1, 0.15) is 6.33 Å². The molecule has 0 unspecified atom stereocenters. The van der Waals surface area contributed by atoms with Gasteiger partial charge in [-0.25, -0.2) is 15.0 Å². The molecule has 0 saturated carbocycles. The third-order valence-electron chi connectivity index (χ3n) is 3.76. The van der Waals surface area contributed by atoms with E-state index >= 15 is 0 Å². The summed E-state index contributed by atoms with van der Waals surface area (Å²) in [4.78, 5) is 12.4. The number of fused-ring (bicyclic) bond motifs is 2. The lowest BCUT2D eigenvalue weighted by atomic mass is 10.00. The standard InChI is InChI=1S/C17H11F2N3O.H2/c18-17(19)23-16-6-3-13-12(2-5-15(13)22-16)10-1-4-14-11(7-10)8-20-9-21-14;/h1-4,6-9,17H,5H2;1H. The van der Waals surface area contributed by atoms with E-state index in [1.807, 2.05) is 24.3 Å². The molecule has 0 radical (unpaired) electrons. The highest BCUT2D eigenvalue weighted by atomic mass is 19.3. The Morgan fingerprint density at radius 1 is 1.17 bits per heavy atom. The van der Waals surface area contributed by atoms with E-state index in [0.717, 1.165) is 33.3 Å². The quantitative estimate of drug-likeness (QED) is 0.736. The zero-order valence-corrected chi connectivity index (χ0v) is 11.9. The molecule has 1 aliphatic carbocycles. The van der Waals surface area contributed by atoms with Crippen LogP contribution in [0, 0.1) is 0 Å². The van der Waals surface area contributed by atoms with Crippen molar-refractivity contribution in [2.75, 3.05) is 0 Å². The van der Waals surface area contributed by atoms with Crippen LogP contribution >= 0.6 is 0 Å². The van der Waals surface area contributed by atoms with Crippen molar-refractivity contribution < 1.29 is 14.9 Å². The van der Waals surface area contributed by atoms with Gasteiger partial charge in [-0.05, 0) is 29.3 Å². The molecule has 23 heavy (non-hydrogen) atoms. The molecule has 0 amide bonds. The topological polar surface area (TPSA) is 47.9 Å². The van der Waals surface area contributed by atoms with E-state index in [0.29, 0.717) is 6.42 Å². The first-order valence-electron chi connectivity index (χ1n) is 7.06. The van der Waals surface area contributed by atoms with Crippen molar-refractivity contribution in [2.45, 2.75) is 13.0 Å². The first-order valence-corrected chi connectivity index (χ1v) is 7.06. The molecule has 1 aromatic carbocycles. The third-order valence-corrected chi connectivity index (χ3v) is 3.76. The van der Waals surface area contributed by atoms with Gasteiger partial charge >= 0.3 is 6.61 Å². The Labute approximate surface area is 132 Å². The van der Waals surface area contributed by atoms with Gasteiger partial charge in [0.2, 0.25) is 5.88 Å². The van der Waals surface area contributed by atoms with E-state index in [1.165, 1.54) is 12.4 Å². The minimum Gasteiger partial charge on any atom is -0.417 e. The predicted octanol–water partition coefficient (Wildman–Crippen LogP) is 3.86. The van der Waals surface area contributed by atoms with Gasteiger partial charge in [0, 0.05) is 31.1 Å². The summed E-state index contributed by atoms with van der Waals surface area (Å²) in [5.41, 5.74) is 4.60. The fourth-order valence-electron chi connectivity index (χ4n) is 2.77.